The van der Waals surface area contributed by atoms with Crippen LogP contribution in [0.25, 0.3) is 0 Å². The van der Waals surface area contributed by atoms with Gasteiger partial charge in [0, 0.05) is 18.8 Å². The Hall–Kier alpha value is 0.137. The molecule has 0 spiro atoms. The molecule has 0 bridgehead atoms. The lowest BCUT2D eigenvalue weighted by molar-refractivity contribution is 0.165. The van der Waals surface area contributed by atoms with Crippen LogP contribution in [-0.2, 0) is 8.85 Å². The fourth-order valence-corrected chi connectivity index (χ4v) is 4.14. The Balaban J connectivity index is 4.14. The highest BCUT2D eigenvalue weighted by Gasteiger charge is 2.32. The summed E-state index contributed by atoms with van der Waals surface area (Å²) in [5.41, 5.74) is 0.836. The van der Waals surface area contributed by atoms with Crippen molar-refractivity contribution < 1.29 is 8.85 Å². The summed E-state index contributed by atoms with van der Waals surface area (Å²) >= 11 is 0. The highest BCUT2D eigenvalue weighted by atomic mass is 28.3. The normalized spacial score (nSPS) is 14.1. The van der Waals surface area contributed by atoms with Gasteiger partial charge in [-0.2, -0.15) is 0 Å². The molecule has 0 rings (SSSR count). The molecule has 0 aromatic rings. The van der Waals surface area contributed by atoms with Crippen molar-refractivity contribution in [2.75, 3.05) is 13.2 Å². The van der Waals surface area contributed by atoms with E-state index in [9.17, 15) is 0 Å². The third-order valence-corrected chi connectivity index (χ3v) is 6.78. The van der Waals surface area contributed by atoms with Gasteiger partial charge in [-0.05, 0) is 18.3 Å². The van der Waals surface area contributed by atoms with Crippen molar-refractivity contribution in [3.8, 4) is 0 Å². The summed E-state index contributed by atoms with van der Waals surface area (Å²) in [6.07, 6.45) is 7.38. The molecule has 0 fully saturated rings. The molecule has 0 aromatic heterocycles. The van der Waals surface area contributed by atoms with Crippen LogP contribution in [0.2, 0.25) is 5.54 Å². The average molecular weight is 289 g/mol. The van der Waals surface area contributed by atoms with Crippen LogP contribution in [0.4, 0.5) is 0 Å². The second-order valence-corrected chi connectivity index (χ2v) is 9.08. The molecule has 0 N–H and O–H groups in total. The predicted molar refractivity (Wildman–Crippen MR) is 87.0 cm³/mol. The van der Waals surface area contributed by atoms with Crippen molar-refractivity contribution in [1.29, 1.82) is 0 Å². The zero-order chi connectivity index (χ0) is 14.7. The van der Waals surface area contributed by atoms with Crippen LogP contribution in [0.5, 0.6) is 0 Å². The summed E-state index contributed by atoms with van der Waals surface area (Å²) in [6, 6.07) is 0. The third kappa shape index (κ3) is 9.64. The van der Waals surface area contributed by atoms with E-state index in [2.05, 4.69) is 41.5 Å². The molecule has 0 aromatic carbocycles. The standard InChI is InChI=1S/C16H36O2Si/c1-7-9-11-13-17-19(15(3)16(4,5)6)18-14-12-10-8-2/h15,19H,7-14H2,1-6H3. The quantitative estimate of drug-likeness (QED) is 0.391. The third-order valence-electron chi connectivity index (χ3n) is 3.83. The maximum atomic E-state index is 6.13. The largest absolute Gasteiger partial charge is 0.396 e. The monoisotopic (exact) mass is 288 g/mol. The van der Waals surface area contributed by atoms with Crippen LogP contribution in [0.1, 0.15) is 80.1 Å². The molecule has 19 heavy (non-hydrogen) atoms. The van der Waals surface area contributed by atoms with E-state index < -0.39 is 9.28 Å². The van der Waals surface area contributed by atoms with Gasteiger partial charge in [0.1, 0.15) is 0 Å². The molecule has 0 saturated carbocycles. The number of rotatable bonds is 11. The minimum absolute atomic E-state index is 0.284. The van der Waals surface area contributed by atoms with Crippen molar-refractivity contribution in [3.63, 3.8) is 0 Å². The van der Waals surface area contributed by atoms with E-state index in [1.165, 1.54) is 38.5 Å². The topological polar surface area (TPSA) is 18.5 Å². The molecule has 0 aliphatic rings. The van der Waals surface area contributed by atoms with Crippen LogP contribution in [0, 0.1) is 5.41 Å². The van der Waals surface area contributed by atoms with Gasteiger partial charge in [0.25, 0.3) is 0 Å². The Morgan fingerprint density at radius 3 is 1.58 bits per heavy atom. The molecule has 0 saturated heterocycles. The van der Waals surface area contributed by atoms with E-state index in [-0.39, 0.29) is 5.41 Å². The highest BCUT2D eigenvalue weighted by molar-refractivity contribution is 6.46. The van der Waals surface area contributed by atoms with E-state index in [1.54, 1.807) is 0 Å². The Bertz CT molecular complexity index is 189. The first-order valence-corrected chi connectivity index (χ1v) is 9.77. The number of hydrogen-bond donors (Lipinski definition) is 0. The summed E-state index contributed by atoms with van der Waals surface area (Å²) in [7, 11) is -1.54. The molecule has 0 amide bonds. The van der Waals surface area contributed by atoms with Gasteiger partial charge < -0.3 is 8.85 Å². The molecule has 0 aliphatic carbocycles. The SMILES string of the molecule is CCCCCO[SiH](OCCCCC)C(C)C(C)(C)C. The molecule has 3 heteroatoms. The van der Waals surface area contributed by atoms with E-state index in [1.807, 2.05) is 0 Å². The van der Waals surface area contributed by atoms with Crippen molar-refractivity contribution in [1.82, 2.24) is 0 Å². The number of unbranched alkanes of at least 4 members (excludes halogenated alkanes) is 4. The molecule has 1 atom stereocenters. The lowest BCUT2D eigenvalue weighted by Crippen LogP contribution is -2.35. The summed E-state index contributed by atoms with van der Waals surface area (Å²) in [6.45, 7) is 15.4. The summed E-state index contributed by atoms with van der Waals surface area (Å²) in [4.78, 5) is 0. The van der Waals surface area contributed by atoms with Crippen molar-refractivity contribution in [2.24, 2.45) is 5.41 Å². The van der Waals surface area contributed by atoms with E-state index >= 15 is 0 Å². The van der Waals surface area contributed by atoms with Crippen molar-refractivity contribution in [3.05, 3.63) is 0 Å². The Morgan fingerprint density at radius 2 is 1.26 bits per heavy atom. The Kier molecular flexibility index (Phi) is 10.9. The van der Waals surface area contributed by atoms with E-state index in [4.69, 9.17) is 8.85 Å². The Labute approximate surface area is 123 Å². The zero-order valence-corrected chi connectivity index (χ0v) is 15.3. The summed E-state index contributed by atoms with van der Waals surface area (Å²) in [5.74, 6) is 0. The van der Waals surface area contributed by atoms with Gasteiger partial charge in [-0.3, -0.25) is 0 Å². The predicted octanol–water partition coefficient (Wildman–Crippen LogP) is 5.06. The van der Waals surface area contributed by atoms with Crippen LogP contribution in [-0.4, -0.2) is 22.5 Å². The number of hydrogen-bond acceptors (Lipinski definition) is 2. The molecule has 0 heterocycles. The smallest absolute Gasteiger partial charge is 0.324 e. The average Bonchev–Trinajstić information content (AvgIpc) is 2.35. The zero-order valence-electron chi connectivity index (χ0n) is 14.1. The van der Waals surface area contributed by atoms with Gasteiger partial charge in [-0.1, -0.05) is 67.2 Å². The van der Waals surface area contributed by atoms with Gasteiger partial charge in [-0.25, -0.2) is 0 Å². The highest BCUT2D eigenvalue weighted by Crippen LogP contribution is 2.34. The van der Waals surface area contributed by atoms with Gasteiger partial charge >= 0.3 is 9.28 Å². The fourth-order valence-electron chi connectivity index (χ4n) is 1.85. The Morgan fingerprint density at radius 1 is 0.842 bits per heavy atom. The van der Waals surface area contributed by atoms with Gasteiger partial charge in [0.2, 0.25) is 0 Å². The molecule has 1 unspecified atom stereocenters. The second kappa shape index (κ2) is 10.9. The van der Waals surface area contributed by atoms with Crippen molar-refractivity contribution in [2.45, 2.75) is 85.6 Å². The summed E-state index contributed by atoms with van der Waals surface area (Å²) < 4.78 is 12.3. The first kappa shape index (κ1) is 19.1. The first-order valence-electron chi connectivity index (χ1n) is 8.16. The molecular weight excluding hydrogens is 252 g/mol. The molecule has 0 radical (unpaired) electrons. The van der Waals surface area contributed by atoms with Crippen LogP contribution in [0.15, 0.2) is 0 Å². The van der Waals surface area contributed by atoms with Crippen LogP contribution >= 0.6 is 0 Å². The minimum atomic E-state index is -1.54. The van der Waals surface area contributed by atoms with Crippen molar-refractivity contribution >= 4 is 9.28 Å². The van der Waals surface area contributed by atoms with Crippen LogP contribution in [0.3, 0.4) is 0 Å². The molecule has 2 nitrogen and oxygen atoms in total. The first-order chi connectivity index (χ1) is 8.93. The lowest BCUT2D eigenvalue weighted by Gasteiger charge is -2.32. The van der Waals surface area contributed by atoms with Gasteiger partial charge in [-0.15, -0.1) is 0 Å². The van der Waals surface area contributed by atoms with E-state index in [0.717, 1.165) is 13.2 Å². The summed E-state index contributed by atoms with van der Waals surface area (Å²) in [5, 5.41) is 0. The fraction of sp³-hybridized carbons (Fsp3) is 1.00. The van der Waals surface area contributed by atoms with E-state index in [0.29, 0.717) is 5.54 Å². The van der Waals surface area contributed by atoms with Crippen LogP contribution < -0.4 is 0 Å². The lowest BCUT2D eigenvalue weighted by atomic mass is 9.93. The van der Waals surface area contributed by atoms with Gasteiger partial charge in [0.05, 0.1) is 0 Å². The molecular formula is C16H36O2Si. The minimum Gasteiger partial charge on any atom is -0.396 e. The maximum Gasteiger partial charge on any atom is 0.324 e. The maximum absolute atomic E-state index is 6.13. The second-order valence-electron chi connectivity index (χ2n) is 6.68. The molecule has 116 valence electrons. The van der Waals surface area contributed by atoms with Gasteiger partial charge in [0.15, 0.2) is 0 Å². The molecule has 0 aliphatic heterocycles.